The van der Waals surface area contributed by atoms with Gasteiger partial charge in [-0.2, -0.15) is 0 Å². The van der Waals surface area contributed by atoms with Gasteiger partial charge in [-0.3, -0.25) is 4.79 Å². The first-order chi connectivity index (χ1) is 9.54. The molecule has 0 aliphatic heterocycles. The van der Waals surface area contributed by atoms with Crippen molar-refractivity contribution in [3.63, 3.8) is 0 Å². The molecule has 1 saturated carbocycles. The number of carbonyl (C=O) groups excluding carboxylic acids is 1. The fraction of sp³-hybridized carbons (Fsp3) is 0.875. The molecule has 2 N–H and O–H groups in total. The number of carboxylic acids is 1. The van der Waals surface area contributed by atoms with Gasteiger partial charge in [0, 0.05) is 6.42 Å². The molecule has 0 radical (unpaired) electrons. The quantitative estimate of drug-likeness (QED) is 0.718. The van der Waals surface area contributed by atoms with Gasteiger partial charge in [-0.05, 0) is 24.7 Å². The smallest absolute Gasteiger partial charge is 0.326 e. The largest absolute Gasteiger partial charge is 0.480 e. The number of aliphatic carboxylic acids is 1. The molecule has 116 valence electrons. The van der Waals surface area contributed by atoms with Crippen molar-refractivity contribution < 1.29 is 14.7 Å². The highest BCUT2D eigenvalue weighted by atomic mass is 16.4. The summed E-state index contributed by atoms with van der Waals surface area (Å²) in [5, 5.41) is 11.8. The fourth-order valence-electron chi connectivity index (χ4n) is 2.96. The van der Waals surface area contributed by atoms with Crippen LogP contribution in [0.1, 0.15) is 71.6 Å². The Morgan fingerprint density at radius 1 is 1.25 bits per heavy atom. The van der Waals surface area contributed by atoms with Crippen molar-refractivity contribution in [1.29, 1.82) is 0 Å². The maximum Gasteiger partial charge on any atom is 0.326 e. The molecular formula is C16H29NO3. The molecule has 2 atom stereocenters. The molecule has 1 unspecified atom stereocenters. The van der Waals surface area contributed by atoms with Crippen molar-refractivity contribution >= 4 is 11.9 Å². The molecule has 0 saturated heterocycles. The predicted molar refractivity (Wildman–Crippen MR) is 79.4 cm³/mol. The molecular weight excluding hydrogens is 254 g/mol. The van der Waals surface area contributed by atoms with Gasteiger partial charge in [0.15, 0.2) is 0 Å². The van der Waals surface area contributed by atoms with Gasteiger partial charge in [0.05, 0.1) is 0 Å². The summed E-state index contributed by atoms with van der Waals surface area (Å²) in [5.41, 5.74) is 0. The summed E-state index contributed by atoms with van der Waals surface area (Å²) in [7, 11) is 0. The second-order valence-electron chi connectivity index (χ2n) is 6.17. The Hall–Kier alpha value is -1.06. The third kappa shape index (κ3) is 5.93. The fourth-order valence-corrected chi connectivity index (χ4v) is 2.96. The van der Waals surface area contributed by atoms with Crippen molar-refractivity contribution in [2.75, 3.05) is 0 Å². The number of carboxylic acid groups (broad SMARTS) is 1. The van der Waals surface area contributed by atoms with Crippen LogP contribution >= 0.6 is 0 Å². The van der Waals surface area contributed by atoms with Gasteiger partial charge in [-0.15, -0.1) is 0 Å². The summed E-state index contributed by atoms with van der Waals surface area (Å²) < 4.78 is 0. The molecule has 4 nitrogen and oxygen atoms in total. The molecule has 0 bridgehead atoms. The summed E-state index contributed by atoms with van der Waals surface area (Å²) >= 11 is 0. The van der Waals surface area contributed by atoms with Gasteiger partial charge >= 0.3 is 5.97 Å². The topological polar surface area (TPSA) is 66.4 Å². The van der Waals surface area contributed by atoms with Crippen LogP contribution in [-0.2, 0) is 9.59 Å². The lowest BCUT2D eigenvalue weighted by atomic mass is 9.86. The zero-order chi connectivity index (χ0) is 15.0. The van der Waals surface area contributed by atoms with Crippen LogP contribution in [0.15, 0.2) is 0 Å². The van der Waals surface area contributed by atoms with Crippen LogP contribution in [0.25, 0.3) is 0 Å². The lowest BCUT2D eigenvalue weighted by Gasteiger charge is -2.22. The average Bonchev–Trinajstić information content (AvgIpc) is 2.45. The monoisotopic (exact) mass is 283 g/mol. The maximum atomic E-state index is 11.8. The molecule has 0 aromatic carbocycles. The molecule has 4 heteroatoms. The molecule has 0 aromatic rings. The average molecular weight is 283 g/mol. The Kier molecular flexibility index (Phi) is 7.63. The van der Waals surface area contributed by atoms with E-state index < -0.39 is 12.0 Å². The van der Waals surface area contributed by atoms with Crippen LogP contribution in [0.4, 0.5) is 0 Å². The third-order valence-corrected chi connectivity index (χ3v) is 4.54. The van der Waals surface area contributed by atoms with E-state index in [1.165, 1.54) is 32.1 Å². The standard InChI is InChI=1S/C16H29NO3/c1-3-12(2)15(16(19)20)17-14(18)11-7-10-13-8-5-4-6-9-13/h12-13,15H,3-11H2,1-2H3,(H,17,18)(H,19,20)/t12?,15-/m0/s1. The van der Waals surface area contributed by atoms with Crippen LogP contribution in [0, 0.1) is 11.8 Å². The Morgan fingerprint density at radius 3 is 2.45 bits per heavy atom. The van der Waals surface area contributed by atoms with Crippen molar-refractivity contribution in [2.24, 2.45) is 11.8 Å². The minimum Gasteiger partial charge on any atom is -0.480 e. The lowest BCUT2D eigenvalue weighted by Crippen LogP contribution is -2.44. The van der Waals surface area contributed by atoms with E-state index in [9.17, 15) is 9.59 Å². The van der Waals surface area contributed by atoms with Gasteiger partial charge in [0.2, 0.25) is 5.91 Å². The Balaban J connectivity index is 2.25. The molecule has 1 fully saturated rings. The van der Waals surface area contributed by atoms with Crippen molar-refractivity contribution in [2.45, 2.75) is 77.7 Å². The normalized spacial score (nSPS) is 19.3. The van der Waals surface area contributed by atoms with Gasteiger partial charge in [-0.1, -0.05) is 52.4 Å². The van der Waals surface area contributed by atoms with Gasteiger partial charge < -0.3 is 10.4 Å². The van der Waals surface area contributed by atoms with Gasteiger partial charge in [-0.25, -0.2) is 4.79 Å². The molecule has 20 heavy (non-hydrogen) atoms. The highest BCUT2D eigenvalue weighted by molar-refractivity contribution is 5.83. The minimum atomic E-state index is -0.931. The third-order valence-electron chi connectivity index (χ3n) is 4.54. The first-order valence-corrected chi connectivity index (χ1v) is 8.06. The van der Waals surface area contributed by atoms with Crippen molar-refractivity contribution in [1.82, 2.24) is 5.32 Å². The van der Waals surface area contributed by atoms with Gasteiger partial charge in [0.25, 0.3) is 0 Å². The molecule has 1 amide bonds. The number of carbonyl (C=O) groups is 2. The zero-order valence-electron chi connectivity index (χ0n) is 12.9. The van der Waals surface area contributed by atoms with Crippen LogP contribution in [0.5, 0.6) is 0 Å². The van der Waals surface area contributed by atoms with E-state index in [1.54, 1.807) is 0 Å². The van der Waals surface area contributed by atoms with E-state index in [0.717, 1.165) is 25.2 Å². The molecule has 1 aliphatic rings. The maximum absolute atomic E-state index is 11.8. The van der Waals surface area contributed by atoms with E-state index in [1.807, 2.05) is 13.8 Å². The summed E-state index contributed by atoms with van der Waals surface area (Å²) in [6, 6.07) is -0.748. The van der Waals surface area contributed by atoms with E-state index in [4.69, 9.17) is 5.11 Å². The Morgan fingerprint density at radius 2 is 1.90 bits per heavy atom. The van der Waals surface area contributed by atoms with Crippen molar-refractivity contribution in [3.05, 3.63) is 0 Å². The second kappa shape index (κ2) is 8.98. The number of hydrogen-bond acceptors (Lipinski definition) is 2. The number of amides is 1. The van der Waals surface area contributed by atoms with Crippen LogP contribution < -0.4 is 5.32 Å². The number of rotatable bonds is 8. The summed E-state index contributed by atoms with van der Waals surface area (Å²) in [6.45, 7) is 3.80. The molecule has 0 heterocycles. The van der Waals surface area contributed by atoms with E-state index in [0.29, 0.717) is 6.42 Å². The lowest BCUT2D eigenvalue weighted by molar-refractivity contribution is -0.143. The van der Waals surface area contributed by atoms with E-state index in [2.05, 4.69) is 5.32 Å². The molecule has 1 rings (SSSR count). The predicted octanol–water partition coefficient (Wildman–Crippen LogP) is 3.35. The SMILES string of the molecule is CCC(C)[C@H](NC(=O)CCCC1CCCCC1)C(=O)O. The molecule has 0 aromatic heterocycles. The summed E-state index contributed by atoms with van der Waals surface area (Å²) in [4.78, 5) is 23.0. The first kappa shape index (κ1) is 17.0. The minimum absolute atomic E-state index is 0.0326. The first-order valence-electron chi connectivity index (χ1n) is 8.06. The zero-order valence-corrected chi connectivity index (χ0v) is 12.9. The molecule has 1 aliphatic carbocycles. The van der Waals surface area contributed by atoms with E-state index in [-0.39, 0.29) is 11.8 Å². The van der Waals surface area contributed by atoms with Crippen LogP contribution in [0.2, 0.25) is 0 Å². The van der Waals surface area contributed by atoms with Gasteiger partial charge in [0.1, 0.15) is 6.04 Å². The number of hydrogen-bond donors (Lipinski definition) is 2. The van der Waals surface area contributed by atoms with E-state index >= 15 is 0 Å². The Bertz CT molecular complexity index is 311. The number of nitrogens with one attached hydrogen (secondary N) is 1. The second-order valence-corrected chi connectivity index (χ2v) is 6.17. The summed E-state index contributed by atoms with van der Waals surface area (Å²) in [6.07, 6.45) is 9.79. The highest BCUT2D eigenvalue weighted by Crippen LogP contribution is 2.27. The molecule has 0 spiro atoms. The van der Waals surface area contributed by atoms with Crippen molar-refractivity contribution in [3.8, 4) is 0 Å². The highest BCUT2D eigenvalue weighted by Gasteiger charge is 2.25. The summed E-state index contributed by atoms with van der Waals surface area (Å²) in [5.74, 6) is -0.301. The van der Waals surface area contributed by atoms with Crippen LogP contribution in [-0.4, -0.2) is 23.0 Å². The van der Waals surface area contributed by atoms with Crippen LogP contribution in [0.3, 0.4) is 0 Å². The Labute approximate surface area is 122 Å².